The second-order valence-corrected chi connectivity index (χ2v) is 14.0. The number of ether oxygens (including phenoxy) is 2. The summed E-state index contributed by atoms with van der Waals surface area (Å²) in [6.45, 7) is 11.2. The summed E-state index contributed by atoms with van der Waals surface area (Å²) in [5.41, 5.74) is 3.23. The molecule has 6 rings (SSSR count). The van der Waals surface area contributed by atoms with E-state index in [1.54, 1.807) is 0 Å². The molecule has 0 spiro atoms. The summed E-state index contributed by atoms with van der Waals surface area (Å²) in [4.78, 5) is 44.8. The molecule has 4 aromatic rings. The van der Waals surface area contributed by atoms with Crippen molar-refractivity contribution in [1.29, 1.82) is 0 Å². The number of aromatic nitrogens is 4. The Hall–Kier alpha value is -4.60. The number of likely N-dealkylation sites (tertiary alicyclic amines) is 2. The third-order valence-electron chi connectivity index (χ3n) is 7.80. The Morgan fingerprint density at radius 1 is 0.739 bits per heavy atom. The largest absolute Gasteiger partial charge is 0.444 e. The molecule has 2 saturated heterocycles. The molecule has 0 saturated carbocycles. The summed E-state index contributed by atoms with van der Waals surface area (Å²) >= 11 is 0. The molecule has 2 aliphatic rings. The number of hydrogen-bond donors (Lipinski definition) is 4. The minimum atomic E-state index is -0.663. The fourth-order valence-corrected chi connectivity index (χ4v) is 5.86. The molecule has 0 aliphatic carbocycles. The van der Waals surface area contributed by atoms with E-state index < -0.39 is 47.7 Å². The van der Waals surface area contributed by atoms with E-state index in [2.05, 4.69) is 21.8 Å². The maximum Gasteiger partial charge on any atom is 0.411 e. The van der Waals surface area contributed by atoms with Gasteiger partial charge in [-0.2, -0.15) is 0 Å². The number of aliphatic hydroxyl groups excluding tert-OH is 2. The van der Waals surface area contributed by atoms with E-state index >= 15 is 0 Å². The van der Waals surface area contributed by atoms with Crippen LogP contribution >= 0.6 is 0 Å². The molecule has 12 heteroatoms. The van der Waals surface area contributed by atoms with Gasteiger partial charge in [-0.05, 0) is 77.9 Å². The zero-order valence-corrected chi connectivity index (χ0v) is 26.9. The zero-order valence-electron chi connectivity index (χ0n) is 26.9. The second-order valence-electron chi connectivity index (χ2n) is 14.0. The molecule has 2 aromatic carbocycles. The van der Waals surface area contributed by atoms with Crippen molar-refractivity contribution in [3.8, 4) is 11.8 Å². The van der Waals surface area contributed by atoms with Gasteiger partial charge in [0.1, 0.15) is 22.9 Å². The van der Waals surface area contributed by atoms with Crippen molar-refractivity contribution in [1.82, 2.24) is 29.7 Å². The van der Waals surface area contributed by atoms with Crippen molar-refractivity contribution in [2.24, 2.45) is 0 Å². The van der Waals surface area contributed by atoms with Crippen LogP contribution in [0.3, 0.4) is 0 Å². The summed E-state index contributed by atoms with van der Waals surface area (Å²) in [6.07, 6.45) is -1.56. The molecule has 4 atom stereocenters. The molecule has 12 nitrogen and oxygen atoms in total. The first-order valence-corrected chi connectivity index (χ1v) is 15.5. The van der Waals surface area contributed by atoms with E-state index in [0.717, 1.165) is 22.2 Å². The molecule has 2 fully saturated rings. The third kappa shape index (κ3) is 6.80. The number of β-amino-alcohol motifs (C(OH)–C–C–N with tert-alkyl or cyclic N) is 2. The number of aliphatic hydroxyl groups is 2. The van der Waals surface area contributed by atoms with E-state index in [1.165, 1.54) is 9.80 Å². The zero-order chi connectivity index (χ0) is 33.0. The number of rotatable bonds is 2. The number of imidazole rings is 2. The van der Waals surface area contributed by atoms with E-state index in [4.69, 9.17) is 19.4 Å². The number of nitrogens with one attached hydrogen (secondary N) is 2. The molecule has 0 bridgehead atoms. The van der Waals surface area contributed by atoms with Gasteiger partial charge in [0, 0.05) is 24.0 Å². The van der Waals surface area contributed by atoms with E-state index in [1.807, 2.05) is 77.9 Å². The Labute approximate surface area is 267 Å². The van der Waals surface area contributed by atoms with Crippen molar-refractivity contribution in [3.63, 3.8) is 0 Å². The van der Waals surface area contributed by atoms with Crippen molar-refractivity contribution >= 4 is 34.3 Å². The fraction of sp³-hybridized carbons (Fsp3) is 0.471. The Bertz CT molecular complexity index is 1720. The molecular formula is C34H40N6O6. The van der Waals surface area contributed by atoms with E-state index in [9.17, 15) is 19.8 Å². The first-order valence-electron chi connectivity index (χ1n) is 15.5. The predicted octanol–water partition coefficient (Wildman–Crippen LogP) is 4.92. The quantitative estimate of drug-likeness (QED) is 0.228. The average Bonchev–Trinajstić information content (AvgIpc) is 3.73. The van der Waals surface area contributed by atoms with Gasteiger partial charge in [-0.15, -0.1) is 0 Å². The van der Waals surface area contributed by atoms with Gasteiger partial charge in [0.15, 0.2) is 0 Å². The molecule has 0 radical (unpaired) electrons. The molecule has 0 unspecified atom stereocenters. The van der Waals surface area contributed by atoms with E-state index in [-0.39, 0.29) is 13.1 Å². The number of amides is 2. The molecule has 4 N–H and O–H groups in total. The van der Waals surface area contributed by atoms with Crippen LogP contribution < -0.4 is 0 Å². The second kappa shape index (κ2) is 11.6. The lowest BCUT2D eigenvalue weighted by molar-refractivity contribution is 0.0192. The summed E-state index contributed by atoms with van der Waals surface area (Å²) in [5.74, 6) is 7.57. The smallest absolute Gasteiger partial charge is 0.411 e. The van der Waals surface area contributed by atoms with Gasteiger partial charge in [-0.1, -0.05) is 11.8 Å². The standard InChI is InChI=1S/C34H40N6O6/c1-33(2,3)45-31(43)39-17-21(41)15-27(39)29-35-23-11-9-19(13-25(23)37-29)7-8-20-10-12-24-26(14-20)38-30(36-24)28-16-22(42)18-40(28)32(44)46-34(4,5)6/h9-14,21-22,27-28,41-42H,15-18H2,1-6H3,(H,35,37)(H,36,38)/t21-,22-,27+,28+/m1/s1. The number of benzene rings is 2. The highest BCUT2D eigenvalue weighted by atomic mass is 16.6. The van der Waals surface area contributed by atoms with Gasteiger partial charge in [0.25, 0.3) is 0 Å². The Balaban J connectivity index is 1.20. The normalized spacial score (nSPS) is 21.9. The number of carbonyl (C=O) groups excluding carboxylic acids is 2. The predicted molar refractivity (Wildman–Crippen MR) is 171 cm³/mol. The summed E-state index contributed by atoms with van der Waals surface area (Å²) in [5, 5.41) is 20.7. The molecule has 2 aromatic heterocycles. The van der Waals surface area contributed by atoms with Crippen molar-refractivity contribution in [2.45, 2.75) is 89.9 Å². The van der Waals surface area contributed by atoms with Crippen LogP contribution in [0, 0.1) is 11.8 Å². The maximum absolute atomic E-state index is 12.8. The molecule has 4 heterocycles. The maximum atomic E-state index is 12.8. The minimum absolute atomic E-state index is 0.180. The van der Waals surface area contributed by atoms with Crippen LogP contribution in [0.5, 0.6) is 0 Å². The highest BCUT2D eigenvalue weighted by Gasteiger charge is 2.40. The topological polar surface area (TPSA) is 157 Å². The monoisotopic (exact) mass is 628 g/mol. The Kier molecular flexibility index (Phi) is 7.94. The Morgan fingerprint density at radius 2 is 1.13 bits per heavy atom. The third-order valence-corrected chi connectivity index (χ3v) is 7.80. The van der Waals surface area contributed by atoms with Crippen LogP contribution in [0.2, 0.25) is 0 Å². The van der Waals surface area contributed by atoms with Gasteiger partial charge in [-0.3, -0.25) is 9.80 Å². The minimum Gasteiger partial charge on any atom is -0.444 e. The van der Waals surface area contributed by atoms with Crippen LogP contribution in [0.1, 0.15) is 89.2 Å². The highest BCUT2D eigenvalue weighted by molar-refractivity contribution is 5.79. The number of aromatic amines is 2. The average molecular weight is 629 g/mol. The van der Waals surface area contributed by atoms with Gasteiger partial charge >= 0.3 is 12.2 Å². The molecule has 2 aliphatic heterocycles. The fourth-order valence-electron chi connectivity index (χ4n) is 5.86. The first kappa shape index (κ1) is 31.4. The van der Waals surface area contributed by atoms with Crippen molar-refractivity contribution in [2.75, 3.05) is 13.1 Å². The van der Waals surface area contributed by atoms with Crippen LogP contribution in [0.25, 0.3) is 22.1 Å². The van der Waals surface area contributed by atoms with Crippen LogP contribution in [0.4, 0.5) is 9.59 Å². The van der Waals surface area contributed by atoms with Crippen LogP contribution in [0.15, 0.2) is 36.4 Å². The number of carbonyl (C=O) groups is 2. The number of fused-ring (bicyclic) bond motifs is 2. The SMILES string of the molecule is CC(C)(C)OC(=O)N1C[C@H](O)C[C@H]1c1nc2cc(C#Cc3ccc4[nH]c([C@@H]5C[C@@H](O)CN5C(=O)OC(C)(C)C)nc4c3)ccc2[nH]1. The lowest BCUT2D eigenvalue weighted by atomic mass is 10.1. The van der Waals surface area contributed by atoms with Gasteiger partial charge in [0.05, 0.1) is 59.4 Å². The molecule has 242 valence electrons. The number of nitrogens with zero attached hydrogens (tertiary/aromatic N) is 4. The van der Waals surface area contributed by atoms with Gasteiger partial charge in [-0.25, -0.2) is 19.6 Å². The van der Waals surface area contributed by atoms with Crippen molar-refractivity contribution in [3.05, 3.63) is 59.2 Å². The molecular weight excluding hydrogens is 588 g/mol. The van der Waals surface area contributed by atoms with E-state index in [0.29, 0.717) is 35.5 Å². The van der Waals surface area contributed by atoms with Crippen molar-refractivity contribution < 1.29 is 29.3 Å². The lowest BCUT2D eigenvalue weighted by Gasteiger charge is -2.27. The number of hydrogen-bond acceptors (Lipinski definition) is 8. The molecule has 2 amide bonds. The Morgan fingerprint density at radius 3 is 1.50 bits per heavy atom. The molecule has 46 heavy (non-hydrogen) atoms. The van der Waals surface area contributed by atoms with Gasteiger partial charge < -0.3 is 29.7 Å². The first-order chi connectivity index (χ1) is 21.6. The summed E-state index contributed by atoms with van der Waals surface area (Å²) in [6, 6.07) is 10.5. The van der Waals surface area contributed by atoms with Gasteiger partial charge in [0.2, 0.25) is 0 Å². The summed E-state index contributed by atoms with van der Waals surface area (Å²) in [7, 11) is 0. The van der Waals surface area contributed by atoms with Crippen LogP contribution in [-0.4, -0.2) is 88.6 Å². The highest BCUT2D eigenvalue weighted by Crippen LogP contribution is 2.34. The van der Waals surface area contributed by atoms with Crippen LogP contribution in [-0.2, 0) is 9.47 Å². The number of H-pyrrole nitrogens is 2. The summed E-state index contributed by atoms with van der Waals surface area (Å²) < 4.78 is 11.1. The lowest BCUT2D eigenvalue weighted by Crippen LogP contribution is -2.37.